The fraction of sp³-hybridized carbons (Fsp3) is 0.214. The van der Waals surface area contributed by atoms with E-state index in [1.54, 1.807) is 11.8 Å². The van der Waals surface area contributed by atoms with Crippen molar-refractivity contribution >= 4 is 40.6 Å². The van der Waals surface area contributed by atoms with E-state index in [0.717, 1.165) is 14.1 Å². The van der Waals surface area contributed by atoms with Gasteiger partial charge in [0.1, 0.15) is 0 Å². The molecule has 100 valence electrons. The molecule has 2 nitrogen and oxygen atoms in total. The first-order valence-corrected chi connectivity index (χ1v) is 8.23. The molecule has 2 rings (SSSR count). The van der Waals surface area contributed by atoms with Gasteiger partial charge in [-0.25, -0.2) is 0 Å². The molecule has 2 aromatic rings. The Hall–Kier alpha value is -0.970. The molecule has 0 bridgehead atoms. The largest absolute Gasteiger partial charge is 0.345 e. The van der Waals surface area contributed by atoms with Gasteiger partial charge in [-0.05, 0) is 37.4 Å². The maximum Gasteiger partial charge on any atom is 0.252 e. The molecule has 5 heteroatoms. The Morgan fingerprint density at radius 1 is 1.32 bits per heavy atom. The number of carbonyl (C=O) groups is 1. The number of halogens is 1. The number of nitrogens with one attached hydrogen (secondary N) is 1. The third-order valence-electron chi connectivity index (χ3n) is 2.72. The fourth-order valence-corrected chi connectivity index (χ4v) is 3.40. The summed E-state index contributed by atoms with van der Waals surface area (Å²) in [4.78, 5) is 14.3. The molecule has 1 atom stereocenters. The number of amides is 1. The third-order valence-corrected chi connectivity index (χ3v) is 4.93. The quantitative estimate of drug-likeness (QED) is 0.835. The lowest BCUT2D eigenvalue weighted by Crippen LogP contribution is -2.26. The van der Waals surface area contributed by atoms with Crippen LogP contribution in [-0.4, -0.2) is 12.2 Å². The van der Waals surface area contributed by atoms with Gasteiger partial charge in [-0.3, -0.25) is 4.79 Å². The SMILES string of the molecule is CSc1ccccc1C(=O)N[C@@H](C)c1ccc(Cl)s1. The predicted octanol–water partition coefficient (Wildman–Crippen LogP) is 4.61. The first kappa shape index (κ1) is 14.4. The molecular weight excluding hydrogens is 298 g/mol. The summed E-state index contributed by atoms with van der Waals surface area (Å²) >= 11 is 8.97. The van der Waals surface area contributed by atoms with Gasteiger partial charge in [0.2, 0.25) is 0 Å². The van der Waals surface area contributed by atoms with Gasteiger partial charge in [0.05, 0.1) is 15.9 Å². The number of thiophene rings is 1. The second-order valence-electron chi connectivity index (χ2n) is 4.04. The smallest absolute Gasteiger partial charge is 0.252 e. The van der Waals surface area contributed by atoms with Crippen LogP contribution in [0.3, 0.4) is 0 Å². The second kappa shape index (κ2) is 6.46. The zero-order valence-corrected chi connectivity index (χ0v) is 13.0. The van der Waals surface area contributed by atoms with Crippen molar-refractivity contribution in [2.24, 2.45) is 0 Å². The maximum absolute atomic E-state index is 12.3. The molecule has 0 spiro atoms. The van der Waals surface area contributed by atoms with Gasteiger partial charge in [0.25, 0.3) is 5.91 Å². The van der Waals surface area contributed by atoms with Crippen molar-refractivity contribution in [1.29, 1.82) is 0 Å². The van der Waals surface area contributed by atoms with Crippen LogP contribution >= 0.6 is 34.7 Å². The summed E-state index contributed by atoms with van der Waals surface area (Å²) in [6.07, 6.45) is 1.97. The van der Waals surface area contributed by atoms with E-state index in [2.05, 4.69) is 5.32 Å². The summed E-state index contributed by atoms with van der Waals surface area (Å²) in [5, 5.41) is 3.00. The highest BCUT2D eigenvalue weighted by molar-refractivity contribution is 7.98. The summed E-state index contributed by atoms with van der Waals surface area (Å²) in [7, 11) is 0. The number of rotatable bonds is 4. The van der Waals surface area contributed by atoms with Crippen LogP contribution in [-0.2, 0) is 0 Å². The molecule has 0 aliphatic rings. The molecule has 1 amide bonds. The number of thioether (sulfide) groups is 1. The Morgan fingerprint density at radius 3 is 2.68 bits per heavy atom. The van der Waals surface area contributed by atoms with Crippen LogP contribution in [0.15, 0.2) is 41.3 Å². The Balaban J connectivity index is 2.12. The Morgan fingerprint density at radius 2 is 2.05 bits per heavy atom. The van der Waals surface area contributed by atoms with E-state index in [1.165, 1.54) is 11.3 Å². The molecule has 0 radical (unpaired) electrons. The zero-order valence-electron chi connectivity index (χ0n) is 10.6. The van der Waals surface area contributed by atoms with Gasteiger partial charge >= 0.3 is 0 Å². The molecule has 1 aromatic heterocycles. The van der Waals surface area contributed by atoms with Crippen molar-refractivity contribution < 1.29 is 4.79 Å². The molecule has 0 aliphatic carbocycles. The maximum atomic E-state index is 12.3. The Kier molecular flexibility index (Phi) is 4.91. The first-order valence-electron chi connectivity index (χ1n) is 5.81. The molecule has 1 heterocycles. The molecule has 0 saturated heterocycles. The van der Waals surface area contributed by atoms with E-state index < -0.39 is 0 Å². The molecule has 0 unspecified atom stereocenters. The van der Waals surface area contributed by atoms with E-state index in [1.807, 2.05) is 49.6 Å². The van der Waals surface area contributed by atoms with Crippen LogP contribution in [0.4, 0.5) is 0 Å². The van der Waals surface area contributed by atoms with E-state index in [9.17, 15) is 4.79 Å². The lowest BCUT2D eigenvalue weighted by Gasteiger charge is -2.13. The molecule has 1 N–H and O–H groups in total. The highest BCUT2D eigenvalue weighted by Gasteiger charge is 2.15. The van der Waals surface area contributed by atoms with E-state index in [-0.39, 0.29) is 11.9 Å². The Bertz CT molecular complexity index is 582. The topological polar surface area (TPSA) is 29.1 Å². The number of benzene rings is 1. The van der Waals surface area contributed by atoms with Crippen LogP contribution in [0.2, 0.25) is 4.34 Å². The van der Waals surface area contributed by atoms with Crippen molar-refractivity contribution in [3.05, 3.63) is 51.2 Å². The molecule has 1 aromatic carbocycles. The van der Waals surface area contributed by atoms with Gasteiger partial charge in [0, 0.05) is 9.77 Å². The van der Waals surface area contributed by atoms with E-state index in [4.69, 9.17) is 11.6 Å². The fourth-order valence-electron chi connectivity index (χ4n) is 1.74. The average Bonchev–Trinajstić information content (AvgIpc) is 2.85. The van der Waals surface area contributed by atoms with Gasteiger partial charge in [-0.15, -0.1) is 23.1 Å². The van der Waals surface area contributed by atoms with Gasteiger partial charge in [0.15, 0.2) is 0 Å². The van der Waals surface area contributed by atoms with Crippen molar-refractivity contribution in [3.8, 4) is 0 Å². The molecule has 0 aliphatic heterocycles. The summed E-state index contributed by atoms with van der Waals surface area (Å²) < 4.78 is 0.737. The highest BCUT2D eigenvalue weighted by Crippen LogP contribution is 2.27. The van der Waals surface area contributed by atoms with Crippen LogP contribution in [0.5, 0.6) is 0 Å². The lowest BCUT2D eigenvalue weighted by atomic mass is 10.2. The average molecular weight is 312 g/mol. The molecule has 19 heavy (non-hydrogen) atoms. The standard InChI is InChI=1S/C14H14ClNOS2/c1-9(11-7-8-13(15)19-11)16-14(17)10-5-3-4-6-12(10)18-2/h3-9H,1-2H3,(H,16,17)/t9-/m0/s1. The van der Waals surface area contributed by atoms with Crippen LogP contribution in [0.25, 0.3) is 0 Å². The minimum Gasteiger partial charge on any atom is -0.345 e. The van der Waals surface area contributed by atoms with Gasteiger partial charge < -0.3 is 5.32 Å². The molecule has 0 fully saturated rings. The predicted molar refractivity (Wildman–Crippen MR) is 83.4 cm³/mol. The van der Waals surface area contributed by atoms with Gasteiger partial charge in [-0.1, -0.05) is 23.7 Å². The minimum atomic E-state index is -0.0537. The number of hydrogen-bond donors (Lipinski definition) is 1. The number of hydrogen-bond acceptors (Lipinski definition) is 3. The summed E-state index contributed by atoms with van der Waals surface area (Å²) in [5.74, 6) is -0.0537. The first-order chi connectivity index (χ1) is 9.11. The van der Waals surface area contributed by atoms with Crippen molar-refractivity contribution in [3.63, 3.8) is 0 Å². The molecule has 0 saturated carbocycles. The Labute approximate surface area is 126 Å². The monoisotopic (exact) mass is 311 g/mol. The van der Waals surface area contributed by atoms with Crippen LogP contribution in [0.1, 0.15) is 28.2 Å². The normalized spacial score (nSPS) is 12.2. The minimum absolute atomic E-state index is 0.0417. The summed E-state index contributed by atoms with van der Waals surface area (Å²) in [6.45, 7) is 1.96. The second-order valence-corrected chi connectivity index (χ2v) is 6.63. The van der Waals surface area contributed by atoms with Crippen molar-refractivity contribution in [2.45, 2.75) is 17.9 Å². The molecular formula is C14H14ClNOS2. The van der Waals surface area contributed by atoms with Gasteiger partial charge in [-0.2, -0.15) is 0 Å². The van der Waals surface area contributed by atoms with E-state index in [0.29, 0.717) is 5.56 Å². The van der Waals surface area contributed by atoms with Crippen LogP contribution < -0.4 is 5.32 Å². The summed E-state index contributed by atoms with van der Waals surface area (Å²) in [5.41, 5.74) is 0.713. The van der Waals surface area contributed by atoms with Crippen LogP contribution in [0, 0.1) is 0 Å². The van der Waals surface area contributed by atoms with E-state index >= 15 is 0 Å². The highest BCUT2D eigenvalue weighted by atomic mass is 35.5. The number of carbonyl (C=O) groups excluding carboxylic acids is 1. The lowest BCUT2D eigenvalue weighted by molar-refractivity contribution is 0.0937. The zero-order chi connectivity index (χ0) is 13.8. The van der Waals surface area contributed by atoms with Crippen molar-refractivity contribution in [2.75, 3.05) is 6.26 Å². The summed E-state index contributed by atoms with van der Waals surface area (Å²) in [6, 6.07) is 11.4. The third kappa shape index (κ3) is 3.53. The van der Waals surface area contributed by atoms with Crippen molar-refractivity contribution in [1.82, 2.24) is 5.32 Å².